The molecule has 63 heavy (non-hydrogen) atoms. The Labute approximate surface area is 364 Å². The lowest BCUT2D eigenvalue weighted by atomic mass is 9.64. The van der Waals surface area contributed by atoms with Crippen LogP contribution in [0.15, 0.2) is 218 Å². The van der Waals surface area contributed by atoms with Crippen molar-refractivity contribution in [2.45, 2.75) is 5.41 Å². The molecule has 0 radical (unpaired) electrons. The van der Waals surface area contributed by atoms with Crippen molar-refractivity contribution in [3.05, 3.63) is 241 Å². The van der Waals surface area contributed by atoms with Gasteiger partial charge in [-0.05, 0) is 81.9 Å². The van der Waals surface area contributed by atoms with Gasteiger partial charge in [0.15, 0.2) is 17.5 Å². The van der Waals surface area contributed by atoms with Crippen molar-refractivity contribution in [3.63, 3.8) is 0 Å². The molecule has 0 fully saturated rings. The van der Waals surface area contributed by atoms with Crippen molar-refractivity contribution < 1.29 is 4.74 Å². The van der Waals surface area contributed by atoms with Crippen LogP contribution in [0.25, 0.3) is 83.9 Å². The zero-order valence-electron chi connectivity index (χ0n) is 34.0. The minimum atomic E-state index is -0.693. The van der Waals surface area contributed by atoms with Crippen molar-refractivity contribution in [2.24, 2.45) is 0 Å². The smallest absolute Gasteiger partial charge is 0.164 e. The SMILES string of the molecule is c1ccc(-c2nc(-c3ccccc3)nc(-c3ccc4c(c3)-c3cccc(-c5ccc6c(c5)c5ccccc5n6-c5ccccc5)c3C43c4ccccc4Oc4ccccc43)n2)cc1. The summed E-state index contributed by atoms with van der Waals surface area (Å²) in [6, 6.07) is 77.4. The molecule has 2 aromatic heterocycles. The zero-order chi connectivity index (χ0) is 41.5. The molecule has 3 heterocycles. The highest BCUT2D eigenvalue weighted by molar-refractivity contribution is 6.11. The summed E-state index contributed by atoms with van der Waals surface area (Å²) >= 11 is 0. The molecule has 0 unspecified atom stereocenters. The third kappa shape index (κ3) is 5.27. The van der Waals surface area contributed by atoms with Crippen molar-refractivity contribution in [1.29, 1.82) is 0 Å². The molecule has 0 amide bonds. The fourth-order valence-electron chi connectivity index (χ4n) is 10.3. The fraction of sp³-hybridized carbons (Fsp3) is 0.0172. The van der Waals surface area contributed by atoms with Gasteiger partial charge in [-0.2, -0.15) is 0 Å². The summed E-state index contributed by atoms with van der Waals surface area (Å²) in [5.74, 6) is 3.60. The highest BCUT2D eigenvalue weighted by Crippen LogP contribution is 2.64. The molecule has 0 N–H and O–H groups in total. The van der Waals surface area contributed by atoms with Crippen LogP contribution in [0.1, 0.15) is 22.3 Å². The van der Waals surface area contributed by atoms with Crippen LogP contribution < -0.4 is 4.74 Å². The average molecular weight is 805 g/mol. The van der Waals surface area contributed by atoms with E-state index in [1.807, 2.05) is 36.4 Å². The molecule has 5 heteroatoms. The highest BCUT2D eigenvalue weighted by atomic mass is 16.5. The van der Waals surface area contributed by atoms with Gasteiger partial charge in [0.05, 0.1) is 16.4 Å². The molecule has 1 spiro atoms. The van der Waals surface area contributed by atoms with Crippen molar-refractivity contribution in [1.82, 2.24) is 19.5 Å². The van der Waals surface area contributed by atoms with Crippen LogP contribution >= 0.6 is 0 Å². The van der Waals surface area contributed by atoms with Crippen LogP contribution in [0.5, 0.6) is 11.5 Å². The number of hydrogen-bond donors (Lipinski definition) is 0. The lowest BCUT2D eigenvalue weighted by molar-refractivity contribution is 0.436. The number of hydrogen-bond acceptors (Lipinski definition) is 4. The van der Waals surface area contributed by atoms with E-state index in [1.165, 1.54) is 44.1 Å². The van der Waals surface area contributed by atoms with Crippen LogP contribution in [0.2, 0.25) is 0 Å². The molecule has 1 aliphatic carbocycles. The summed E-state index contributed by atoms with van der Waals surface area (Å²) in [4.78, 5) is 15.3. The second-order valence-corrected chi connectivity index (χ2v) is 16.3. The second-order valence-electron chi connectivity index (χ2n) is 16.3. The monoisotopic (exact) mass is 804 g/mol. The lowest BCUT2D eigenvalue weighted by Gasteiger charge is -2.40. The molecule has 0 atom stereocenters. The number of fused-ring (bicyclic) bond motifs is 12. The molecule has 294 valence electrons. The lowest BCUT2D eigenvalue weighted by Crippen LogP contribution is -2.32. The zero-order valence-corrected chi connectivity index (χ0v) is 34.0. The summed E-state index contributed by atoms with van der Waals surface area (Å²) in [6.45, 7) is 0. The summed E-state index contributed by atoms with van der Waals surface area (Å²) < 4.78 is 9.14. The van der Waals surface area contributed by atoms with Crippen molar-refractivity contribution in [3.8, 4) is 73.6 Å². The molecule has 9 aromatic carbocycles. The topological polar surface area (TPSA) is 52.8 Å². The van der Waals surface area contributed by atoms with E-state index in [2.05, 4.69) is 187 Å². The number of nitrogens with zero attached hydrogens (tertiary/aromatic N) is 4. The largest absolute Gasteiger partial charge is 0.457 e. The molecular weight excluding hydrogens is 769 g/mol. The van der Waals surface area contributed by atoms with E-state index in [1.54, 1.807) is 0 Å². The maximum absolute atomic E-state index is 6.76. The minimum Gasteiger partial charge on any atom is -0.457 e. The van der Waals surface area contributed by atoms with Gasteiger partial charge in [-0.1, -0.05) is 170 Å². The number of rotatable bonds is 5. The predicted octanol–water partition coefficient (Wildman–Crippen LogP) is 14.1. The summed E-state index contributed by atoms with van der Waals surface area (Å²) in [6.07, 6.45) is 0. The normalized spacial score (nSPS) is 13.0. The molecular formula is C58H36N4O. The van der Waals surface area contributed by atoms with E-state index in [0.29, 0.717) is 17.5 Å². The first kappa shape index (κ1) is 35.4. The van der Waals surface area contributed by atoms with E-state index >= 15 is 0 Å². The first-order valence-corrected chi connectivity index (χ1v) is 21.4. The maximum atomic E-state index is 6.76. The molecule has 1 aliphatic heterocycles. The number of para-hydroxylation sites is 4. The third-order valence-electron chi connectivity index (χ3n) is 12.9. The van der Waals surface area contributed by atoms with Gasteiger partial charge in [-0.3, -0.25) is 0 Å². The van der Waals surface area contributed by atoms with Crippen molar-refractivity contribution >= 4 is 21.8 Å². The van der Waals surface area contributed by atoms with E-state index in [4.69, 9.17) is 19.7 Å². The van der Waals surface area contributed by atoms with Crippen LogP contribution in [0.4, 0.5) is 0 Å². The Morgan fingerprint density at radius 3 is 1.57 bits per heavy atom. The fourth-order valence-corrected chi connectivity index (χ4v) is 10.3. The van der Waals surface area contributed by atoms with Crippen LogP contribution in [0.3, 0.4) is 0 Å². The average Bonchev–Trinajstić information content (AvgIpc) is 3.85. The standard InChI is InChI=1S/C58H36N4O/c1-4-17-37(18-5-1)55-59-56(38-19-6-2-7-20-38)61-57(60-55)40-31-33-47-45(36-40)44-25-16-24-42(54(44)58(47)48-26-11-14-29-52(48)63-53-30-15-12-27-49(53)58)39-32-34-51-46(35-39)43-23-10-13-28-50(43)62(51)41-21-8-3-9-22-41/h1-36H. The summed E-state index contributed by atoms with van der Waals surface area (Å²) in [7, 11) is 0. The van der Waals surface area contributed by atoms with Crippen LogP contribution in [0, 0.1) is 0 Å². The highest BCUT2D eigenvalue weighted by Gasteiger charge is 2.52. The molecule has 11 aromatic rings. The Morgan fingerprint density at radius 2 is 0.889 bits per heavy atom. The molecule has 2 aliphatic rings. The van der Waals surface area contributed by atoms with E-state index in [-0.39, 0.29) is 0 Å². The van der Waals surface area contributed by atoms with Crippen LogP contribution in [-0.2, 0) is 5.41 Å². The van der Waals surface area contributed by atoms with E-state index in [9.17, 15) is 0 Å². The van der Waals surface area contributed by atoms with Crippen molar-refractivity contribution in [2.75, 3.05) is 0 Å². The van der Waals surface area contributed by atoms with E-state index in [0.717, 1.165) is 56.1 Å². The van der Waals surface area contributed by atoms with Gasteiger partial charge in [-0.15, -0.1) is 0 Å². The minimum absolute atomic E-state index is 0.622. The van der Waals surface area contributed by atoms with Gasteiger partial charge in [0, 0.05) is 44.3 Å². The van der Waals surface area contributed by atoms with Gasteiger partial charge in [0.1, 0.15) is 11.5 Å². The van der Waals surface area contributed by atoms with Crippen LogP contribution in [-0.4, -0.2) is 19.5 Å². The summed E-state index contributed by atoms with van der Waals surface area (Å²) in [5, 5.41) is 2.43. The Morgan fingerprint density at radius 1 is 0.349 bits per heavy atom. The Bertz CT molecular complexity index is 3490. The van der Waals surface area contributed by atoms with Gasteiger partial charge in [-0.25, -0.2) is 15.0 Å². The number of benzene rings is 9. The Kier molecular flexibility index (Phi) is 7.75. The van der Waals surface area contributed by atoms with Gasteiger partial charge < -0.3 is 9.30 Å². The molecule has 5 nitrogen and oxygen atoms in total. The third-order valence-corrected chi connectivity index (χ3v) is 12.9. The maximum Gasteiger partial charge on any atom is 0.164 e. The quantitative estimate of drug-likeness (QED) is 0.174. The Balaban J connectivity index is 1.08. The van der Waals surface area contributed by atoms with E-state index < -0.39 is 5.41 Å². The molecule has 0 saturated heterocycles. The molecule has 0 bridgehead atoms. The molecule has 13 rings (SSSR count). The van der Waals surface area contributed by atoms with Gasteiger partial charge >= 0.3 is 0 Å². The first-order chi connectivity index (χ1) is 31.2. The molecule has 0 saturated carbocycles. The first-order valence-electron chi connectivity index (χ1n) is 21.4. The second kappa shape index (κ2) is 13.8. The van der Waals surface area contributed by atoms with Gasteiger partial charge in [0.25, 0.3) is 0 Å². The Hall–Kier alpha value is -8.41. The summed E-state index contributed by atoms with van der Waals surface area (Å²) in [5.41, 5.74) is 14.9. The predicted molar refractivity (Wildman–Crippen MR) is 253 cm³/mol. The van der Waals surface area contributed by atoms with Gasteiger partial charge in [0.2, 0.25) is 0 Å². The number of aromatic nitrogens is 4. The number of ether oxygens (including phenoxy) is 1.